The first kappa shape index (κ1) is 44.6. The van der Waals surface area contributed by atoms with Crippen molar-refractivity contribution >= 4 is 61.0 Å². The summed E-state index contributed by atoms with van der Waals surface area (Å²) >= 11 is 0. The van der Waals surface area contributed by atoms with E-state index < -0.39 is 42.3 Å². The van der Waals surface area contributed by atoms with Gasteiger partial charge in [0.05, 0.1) is 19.6 Å². The topological polar surface area (TPSA) is 216 Å². The molecule has 5 N–H and O–H groups in total. The van der Waals surface area contributed by atoms with Crippen LogP contribution in [0.5, 0.6) is 0 Å². The number of imide groups is 1. The number of likely N-dealkylation sites (tertiary alicyclic amines) is 1. The standard InChI is InChI=1S/C38H53BN8O9/c1-45(2)19-20-46(26-39)38(55)56-25-28-12-14-29(15-13-28)43-33(50)24-42-37(54)30(21-27-9-5-3-6-10-27)44-34(51)23-41-32(49)22-40-31(48)11-7-4-8-18-47-35(52)16-17-36(47)53/h3,5-6,9-10,12-15,30H,4,7-8,11,16-26,39H2,1-2H3,(H,40,48)(H,41,49)(H,42,54)(H,43,50)(H,44,51)/t30-/m0/s1. The van der Waals surface area contributed by atoms with Gasteiger partial charge in [0.25, 0.3) is 0 Å². The van der Waals surface area contributed by atoms with Gasteiger partial charge in [0.2, 0.25) is 41.4 Å². The van der Waals surface area contributed by atoms with E-state index >= 15 is 0 Å². The van der Waals surface area contributed by atoms with E-state index in [2.05, 4.69) is 26.6 Å². The molecule has 8 amide bonds. The van der Waals surface area contributed by atoms with Crippen LogP contribution in [0.2, 0.25) is 0 Å². The van der Waals surface area contributed by atoms with Crippen LogP contribution in [0.25, 0.3) is 0 Å². The first-order valence-electron chi connectivity index (χ1n) is 18.8. The Morgan fingerprint density at radius 3 is 2.05 bits per heavy atom. The van der Waals surface area contributed by atoms with Gasteiger partial charge in [0, 0.05) is 51.0 Å². The van der Waals surface area contributed by atoms with Crippen LogP contribution in [0.1, 0.15) is 49.7 Å². The van der Waals surface area contributed by atoms with Gasteiger partial charge >= 0.3 is 6.09 Å². The zero-order chi connectivity index (χ0) is 40.9. The highest BCUT2D eigenvalue weighted by atomic mass is 16.6. The summed E-state index contributed by atoms with van der Waals surface area (Å²) in [6, 6.07) is 14.6. The van der Waals surface area contributed by atoms with Gasteiger partial charge in [-0.15, -0.1) is 0 Å². The van der Waals surface area contributed by atoms with Crippen molar-refractivity contribution < 1.29 is 43.1 Å². The second-order valence-electron chi connectivity index (χ2n) is 13.5. The largest absolute Gasteiger partial charge is 0.445 e. The van der Waals surface area contributed by atoms with Crippen LogP contribution in [0.15, 0.2) is 54.6 Å². The quantitative estimate of drug-likeness (QED) is 0.0554. The molecule has 1 aliphatic rings. The first-order chi connectivity index (χ1) is 26.8. The van der Waals surface area contributed by atoms with Gasteiger partial charge in [-0.2, -0.15) is 0 Å². The number of rotatable bonds is 23. The van der Waals surface area contributed by atoms with Gasteiger partial charge in [-0.3, -0.25) is 38.5 Å². The van der Waals surface area contributed by atoms with Crippen molar-refractivity contribution in [2.75, 3.05) is 65.1 Å². The zero-order valence-electron chi connectivity index (χ0n) is 32.4. The Bertz CT molecular complexity index is 1640. The van der Waals surface area contributed by atoms with E-state index in [4.69, 9.17) is 4.74 Å². The maximum Gasteiger partial charge on any atom is 0.409 e. The van der Waals surface area contributed by atoms with E-state index in [0.717, 1.165) is 11.1 Å². The highest BCUT2D eigenvalue weighted by molar-refractivity contribution is 6.09. The highest BCUT2D eigenvalue weighted by Crippen LogP contribution is 2.14. The molecule has 1 saturated heterocycles. The second kappa shape index (κ2) is 23.9. The third-order valence-corrected chi connectivity index (χ3v) is 8.75. The van der Waals surface area contributed by atoms with Gasteiger partial charge in [-0.1, -0.05) is 48.9 Å². The number of likely N-dealkylation sites (N-methyl/N-ethyl adjacent to an activating group) is 1. The van der Waals surface area contributed by atoms with Crippen LogP contribution in [0.4, 0.5) is 10.5 Å². The van der Waals surface area contributed by atoms with Gasteiger partial charge in [-0.25, -0.2) is 4.79 Å². The molecule has 18 heteroatoms. The maximum atomic E-state index is 13.2. The van der Waals surface area contributed by atoms with Crippen molar-refractivity contribution in [1.29, 1.82) is 0 Å². The number of unbranched alkanes of at least 4 members (excludes halogenated alkanes) is 2. The molecule has 302 valence electrons. The van der Waals surface area contributed by atoms with Crippen molar-refractivity contribution in [3.8, 4) is 0 Å². The molecule has 1 aliphatic heterocycles. The molecule has 0 unspecified atom stereocenters. The minimum Gasteiger partial charge on any atom is -0.445 e. The molecule has 0 saturated carbocycles. The molecular weight excluding hydrogens is 723 g/mol. The molecule has 1 heterocycles. The third kappa shape index (κ3) is 16.7. The van der Waals surface area contributed by atoms with Crippen LogP contribution in [0.3, 0.4) is 0 Å². The van der Waals surface area contributed by atoms with Gasteiger partial charge in [0.15, 0.2) is 0 Å². The lowest BCUT2D eigenvalue weighted by Gasteiger charge is -2.22. The summed E-state index contributed by atoms with van der Waals surface area (Å²) in [5.74, 6) is -3.07. The lowest BCUT2D eigenvalue weighted by molar-refractivity contribution is -0.138. The van der Waals surface area contributed by atoms with Gasteiger partial charge < -0.3 is 41.1 Å². The van der Waals surface area contributed by atoms with Crippen LogP contribution in [-0.4, -0.2) is 136 Å². The van der Waals surface area contributed by atoms with E-state index in [-0.39, 0.29) is 63.1 Å². The van der Waals surface area contributed by atoms with Crippen molar-refractivity contribution in [3.05, 3.63) is 65.7 Å². The summed E-state index contributed by atoms with van der Waals surface area (Å²) in [5.41, 5.74) is 1.95. The zero-order valence-corrected chi connectivity index (χ0v) is 32.4. The predicted octanol–water partition coefficient (Wildman–Crippen LogP) is -0.499. The average Bonchev–Trinajstić information content (AvgIpc) is 3.50. The monoisotopic (exact) mass is 776 g/mol. The number of carbonyl (C=O) groups excluding carboxylic acids is 8. The lowest BCUT2D eigenvalue weighted by Crippen LogP contribution is -2.52. The number of anilines is 1. The summed E-state index contributed by atoms with van der Waals surface area (Å²) in [4.78, 5) is 104. The summed E-state index contributed by atoms with van der Waals surface area (Å²) in [6.45, 7) is 0.472. The minimum absolute atomic E-state index is 0.0633. The molecule has 17 nitrogen and oxygen atoms in total. The predicted molar refractivity (Wildman–Crippen MR) is 209 cm³/mol. The lowest BCUT2D eigenvalue weighted by atomic mass is 10.1. The Morgan fingerprint density at radius 2 is 1.39 bits per heavy atom. The van der Waals surface area contributed by atoms with Crippen molar-refractivity contribution in [2.45, 2.75) is 57.6 Å². The van der Waals surface area contributed by atoms with Crippen molar-refractivity contribution in [1.82, 2.24) is 36.0 Å². The minimum atomic E-state index is -1.07. The number of nitrogens with zero attached hydrogens (tertiary/aromatic N) is 3. The van der Waals surface area contributed by atoms with Gasteiger partial charge in [-0.05, 0) is 56.6 Å². The van der Waals surface area contributed by atoms with Crippen LogP contribution < -0.4 is 26.6 Å². The van der Waals surface area contributed by atoms with E-state index in [0.29, 0.717) is 51.0 Å². The Morgan fingerprint density at radius 1 is 0.750 bits per heavy atom. The SMILES string of the molecule is BCN(CCN(C)C)C(=O)OCc1ccc(NC(=O)CNC(=O)[C@H](Cc2ccccc2)NC(=O)CNC(=O)CNC(=O)CCCCCN2C(=O)CCC2=O)cc1. The molecule has 2 aromatic rings. The molecule has 1 atom stereocenters. The molecule has 0 spiro atoms. The number of amides is 8. The van der Waals surface area contributed by atoms with Crippen LogP contribution >= 0.6 is 0 Å². The van der Waals surface area contributed by atoms with Gasteiger partial charge in [0.1, 0.15) is 20.5 Å². The number of nitrogens with one attached hydrogen (secondary N) is 5. The summed E-state index contributed by atoms with van der Waals surface area (Å²) in [7, 11) is 5.74. The average molecular weight is 777 g/mol. The van der Waals surface area contributed by atoms with Crippen molar-refractivity contribution in [3.63, 3.8) is 0 Å². The Hall–Kier alpha value is -5.78. The van der Waals surface area contributed by atoms with E-state index in [1.165, 1.54) is 4.90 Å². The maximum absolute atomic E-state index is 13.2. The van der Waals surface area contributed by atoms with E-state index in [9.17, 15) is 38.4 Å². The Kier molecular flexibility index (Phi) is 19.0. The summed E-state index contributed by atoms with van der Waals surface area (Å²) < 4.78 is 5.43. The number of benzene rings is 2. The summed E-state index contributed by atoms with van der Waals surface area (Å²) in [5, 5.41) is 12.7. The molecule has 0 aliphatic carbocycles. The molecule has 0 aromatic heterocycles. The second-order valence-corrected chi connectivity index (χ2v) is 13.5. The van der Waals surface area contributed by atoms with E-state index in [1.807, 2.05) is 32.9 Å². The van der Waals surface area contributed by atoms with Crippen LogP contribution in [0, 0.1) is 0 Å². The third-order valence-electron chi connectivity index (χ3n) is 8.75. The fraction of sp³-hybridized carbons (Fsp3) is 0.474. The number of hydrogen-bond donors (Lipinski definition) is 5. The first-order valence-corrected chi connectivity index (χ1v) is 18.8. The molecular formula is C38H53BN8O9. The Labute approximate surface area is 328 Å². The van der Waals surface area contributed by atoms with Crippen molar-refractivity contribution in [2.24, 2.45) is 0 Å². The van der Waals surface area contributed by atoms with Crippen LogP contribution in [-0.2, 0) is 51.3 Å². The fourth-order valence-corrected chi connectivity index (χ4v) is 5.53. The molecule has 0 bridgehead atoms. The number of carbonyl (C=O) groups is 8. The normalized spacial score (nSPS) is 12.8. The molecule has 2 aromatic carbocycles. The fourth-order valence-electron chi connectivity index (χ4n) is 5.53. The highest BCUT2D eigenvalue weighted by Gasteiger charge is 2.28. The number of ether oxygens (including phenoxy) is 1. The smallest absolute Gasteiger partial charge is 0.409 e. The molecule has 1 fully saturated rings. The van der Waals surface area contributed by atoms with E-state index in [1.54, 1.807) is 53.4 Å². The molecule has 3 rings (SSSR count). The molecule has 56 heavy (non-hydrogen) atoms. The summed E-state index contributed by atoms with van der Waals surface area (Å²) in [6.07, 6.45) is 2.61. The number of hydrogen-bond acceptors (Lipinski definition) is 10. The molecule has 0 radical (unpaired) electrons. The Balaban J connectivity index is 1.38.